The summed E-state index contributed by atoms with van der Waals surface area (Å²) < 4.78 is 0. The Morgan fingerprint density at radius 3 is 2.44 bits per heavy atom. The van der Waals surface area contributed by atoms with E-state index >= 15 is 0 Å². The third kappa shape index (κ3) is 3.50. The van der Waals surface area contributed by atoms with E-state index in [4.69, 9.17) is 0 Å². The van der Waals surface area contributed by atoms with Crippen LogP contribution in [0.1, 0.15) is 31.9 Å². The topological polar surface area (TPSA) is 46.2 Å². The molecule has 16 heavy (non-hydrogen) atoms. The zero-order valence-corrected chi connectivity index (χ0v) is 9.64. The van der Waals surface area contributed by atoms with Gasteiger partial charge in [-0.15, -0.1) is 0 Å². The molecule has 0 saturated heterocycles. The van der Waals surface area contributed by atoms with Crippen LogP contribution in [0.5, 0.6) is 0 Å². The van der Waals surface area contributed by atoms with Crippen LogP contribution >= 0.6 is 0 Å². The summed E-state index contributed by atoms with van der Waals surface area (Å²) in [5.41, 5.74) is 0.962. The van der Waals surface area contributed by atoms with Crippen molar-refractivity contribution >= 4 is 12.2 Å². The molecule has 1 unspecified atom stereocenters. The lowest BCUT2D eigenvalue weighted by atomic mass is 10.0. The van der Waals surface area contributed by atoms with Crippen LogP contribution in [0.3, 0.4) is 0 Å². The second-order valence-electron chi connectivity index (χ2n) is 4.03. The van der Waals surface area contributed by atoms with Crippen molar-refractivity contribution in [3.05, 3.63) is 35.9 Å². The Labute approximate surface area is 95.9 Å². The maximum Gasteiger partial charge on any atom is 0.223 e. The summed E-state index contributed by atoms with van der Waals surface area (Å²) in [6, 6.07) is 9.31. The van der Waals surface area contributed by atoms with E-state index in [1.54, 1.807) is 0 Å². The molecule has 0 aromatic heterocycles. The summed E-state index contributed by atoms with van der Waals surface area (Å²) in [7, 11) is 0. The Kier molecular flexibility index (Phi) is 4.70. The van der Waals surface area contributed by atoms with Crippen LogP contribution in [0.2, 0.25) is 0 Å². The van der Waals surface area contributed by atoms with E-state index < -0.39 is 0 Å². The van der Waals surface area contributed by atoms with Crippen molar-refractivity contribution in [1.82, 2.24) is 5.32 Å². The van der Waals surface area contributed by atoms with Crippen LogP contribution in [0.4, 0.5) is 0 Å². The maximum atomic E-state index is 11.6. The predicted molar refractivity (Wildman–Crippen MR) is 62.8 cm³/mol. The molecule has 1 rings (SSSR count). The largest absolute Gasteiger partial charge is 0.349 e. The molecule has 0 aliphatic carbocycles. The van der Waals surface area contributed by atoms with Gasteiger partial charge in [0.1, 0.15) is 6.29 Å². The summed E-state index contributed by atoms with van der Waals surface area (Å²) >= 11 is 0. The molecule has 0 spiro atoms. The average molecular weight is 219 g/mol. The summed E-state index contributed by atoms with van der Waals surface area (Å²) in [4.78, 5) is 22.2. The highest BCUT2D eigenvalue weighted by molar-refractivity contribution is 5.78. The highest BCUT2D eigenvalue weighted by Gasteiger charge is 2.15. The van der Waals surface area contributed by atoms with Crippen LogP contribution in [-0.4, -0.2) is 12.2 Å². The molecule has 3 heteroatoms. The quantitative estimate of drug-likeness (QED) is 0.771. The van der Waals surface area contributed by atoms with Crippen molar-refractivity contribution in [2.75, 3.05) is 0 Å². The van der Waals surface area contributed by atoms with E-state index in [0.29, 0.717) is 6.42 Å². The molecule has 1 aromatic rings. The third-order valence-electron chi connectivity index (χ3n) is 2.37. The fourth-order valence-corrected chi connectivity index (χ4v) is 1.40. The zero-order chi connectivity index (χ0) is 12.0. The first-order chi connectivity index (χ1) is 7.65. The first-order valence-electron chi connectivity index (χ1n) is 5.44. The number of amides is 1. The van der Waals surface area contributed by atoms with Gasteiger partial charge in [0, 0.05) is 12.3 Å². The minimum atomic E-state index is -0.214. The number of aldehydes is 1. The Bertz CT molecular complexity index is 346. The van der Waals surface area contributed by atoms with Crippen molar-refractivity contribution in [3.63, 3.8) is 0 Å². The Hall–Kier alpha value is -1.64. The standard InChI is InChI=1S/C13H17NO2/c1-10(2)13(16)14-12(8-9-15)11-6-4-3-5-7-11/h3-7,9-10,12H,8H2,1-2H3,(H,14,16). The van der Waals surface area contributed by atoms with E-state index in [2.05, 4.69) is 5.32 Å². The molecule has 1 atom stereocenters. The van der Waals surface area contributed by atoms with Crippen molar-refractivity contribution in [2.24, 2.45) is 5.92 Å². The molecular formula is C13H17NO2. The number of nitrogens with one attached hydrogen (secondary N) is 1. The summed E-state index contributed by atoms with van der Waals surface area (Å²) in [6.07, 6.45) is 1.14. The third-order valence-corrected chi connectivity index (χ3v) is 2.37. The lowest BCUT2D eigenvalue weighted by Crippen LogP contribution is -2.32. The van der Waals surface area contributed by atoms with Gasteiger partial charge in [-0.05, 0) is 5.56 Å². The number of rotatable bonds is 5. The highest BCUT2D eigenvalue weighted by Crippen LogP contribution is 2.15. The minimum absolute atomic E-state index is 0.0318. The number of carbonyl (C=O) groups excluding carboxylic acids is 2. The summed E-state index contributed by atoms with van der Waals surface area (Å²) in [5, 5.41) is 2.86. The molecule has 1 N–H and O–H groups in total. The van der Waals surface area contributed by atoms with Gasteiger partial charge < -0.3 is 10.1 Å². The Morgan fingerprint density at radius 1 is 1.31 bits per heavy atom. The monoisotopic (exact) mass is 219 g/mol. The highest BCUT2D eigenvalue weighted by atomic mass is 16.2. The lowest BCUT2D eigenvalue weighted by Gasteiger charge is -2.18. The van der Waals surface area contributed by atoms with Gasteiger partial charge in [-0.3, -0.25) is 4.79 Å². The first-order valence-corrected chi connectivity index (χ1v) is 5.44. The smallest absolute Gasteiger partial charge is 0.223 e. The van der Waals surface area contributed by atoms with Crippen LogP contribution < -0.4 is 5.32 Å². The van der Waals surface area contributed by atoms with Crippen LogP contribution in [0.15, 0.2) is 30.3 Å². The molecule has 0 aliphatic rings. The average Bonchev–Trinajstić information content (AvgIpc) is 2.29. The molecule has 0 saturated carbocycles. The van der Waals surface area contributed by atoms with Crippen molar-refractivity contribution in [1.29, 1.82) is 0 Å². The van der Waals surface area contributed by atoms with E-state index in [1.807, 2.05) is 44.2 Å². The number of hydrogen-bond donors (Lipinski definition) is 1. The van der Waals surface area contributed by atoms with Gasteiger partial charge in [0.25, 0.3) is 0 Å². The van der Waals surface area contributed by atoms with Crippen molar-refractivity contribution < 1.29 is 9.59 Å². The summed E-state index contributed by atoms with van der Waals surface area (Å²) in [6.45, 7) is 3.66. The lowest BCUT2D eigenvalue weighted by molar-refractivity contribution is -0.124. The van der Waals surface area contributed by atoms with Gasteiger partial charge in [-0.1, -0.05) is 44.2 Å². The predicted octanol–water partition coefficient (Wildman–Crippen LogP) is 2.09. The second-order valence-corrected chi connectivity index (χ2v) is 4.03. The molecule has 86 valence electrons. The molecule has 1 aromatic carbocycles. The molecule has 0 aliphatic heterocycles. The van der Waals surface area contributed by atoms with Gasteiger partial charge in [0.15, 0.2) is 0 Å². The molecule has 0 heterocycles. The van der Waals surface area contributed by atoms with E-state index in [9.17, 15) is 9.59 Å². The van der Waals surface area contributed by atoms with E-state index in [1.165, 1.54) is 0 Å². The molecular weight excluding hydrogens is 202 g/mol. The SMILES string of the molecule is CC(C)C(=O)NC(CC=O)c1ccccc1. The number of benzene rings is 1. The minimum Gasteiger partial charge on any atom is -0.349 e. The number of carbonyl (C=O) groups is 2. The first kappa shape index (κ1) is 12.4. The molecule has 0 radical (unpaired) electrons. The summed E-state index contributed by atoms with van der Waals surface area (Å²) in [5.74, 6) is -0.103. The molecule has 0 fully saturated rings. The Balaban J connectivity index is 2.76. The van der Waals surface area contributed by atoms with Gasteiger partial charge >= 0.3 is 0 Å². The van der Waals surface area contributed by atoms with Gasteiger partial charge in [0.05, 0.1) is 6.04 Å². The number of hydrogen-bond acceptors (Lipinski definition) is 2. The van der Waals surface area contributed by atoms with Crippen molar-refractivity contribution in [3.8, 4) is 0 Å². The van der Waals surface area contributed by atoms with E-state index in [0.717, 1.165) is 11.8 Å². The normalized spacial score (nSPS) is 12.2. The Morgan fingerprint density at radius 2 is 1.94 bits per heavy atom. The maximum absolute atomic E-state index is 11.6. The fraction of sp³-hybridized carbons (Fsp3) is 0.385. The molecule has 0 bridgehead atoms. The van der Waals surface area contributed by atoms with Crippen LogP contribution in [0, 0.1) is 5.92 Å². The van der Waals surface area contributed by atoms with Gasteiger partial charge in [-0.2, -0.15) is 0 Å². The molecule has 3 nitrogen and oxygen atoms in total. The molecule has 1 amide bonds. The zero-order valence-electron chi connectivity index (χ0n) is 9.64. The second kappa shape index (κ2) is 6.05. The van der Waals surface area contributed by atoms with Crippen molar-refractivity contribution in [2.45, 2.75) is 26.3 Å². The van der Waals surface area contributed by atoms with Gasteiger partial charge in [0.2, 0.25) is 5.91 Å². The van der Waals surface area contributed by atoms with Crippen LogP contribution in [-0.2, 0) is 9.59 Å². The van der Waals surface area contributed by atoms with Crippen LogP contribution in [0.25, 0.3) is 0 Å². The van der Waals surface area contributed by atoms with E-state index in [-0.39, 0.29) is 17.9 Å². The van der Waals surface area contributed by atoms with Gasteiger partial charge in [-0.25, -0.2) is 0 Å². The fourth-order valence-electron chi connectivity index (χ4n) is 1.40.